The molecule has 0 aliphatic rings. The van der Waals surface area contributed by atoms with Crippen LogP contribution in [0.3, 0.4) is 0 Å². The molecule has 0 heterocycles. The van der Waals surface area contributed by atoms with E-state index < -0.39 is 0 Å². The Hall–Kier alpha value is -1.09. The smallest absolute Gasteiger partial charge is 0.221 e. The van der Waals surface area contributed by atoms with Gasteiger partial charge in [0.25, 0.3) is 0 Å². The van der Waals surface area contributed by atoms with Gasteiger partial charge in [-0.2, -0.15) is 0 Å². The summed E-state index contributed by atoms with van der Waals surface area (Å²) in [5.41, 5.74) is 0.534. The Balaban J connectivity index is 0.00000625. The number of amides is 1. The molecule has 0 radical (unpaired) electrons. The minimum atomic E-state index is -0.352. The van der Waals surface area contributed by atoms with E-state index in [9.17, 15) is 9.18 Å². The fourth-order valence-electron chi connectivity index (χ4n) is 2.35. The Kier molecular flexibility index (Phi) is 11.1. The highest BCUT2D eigenvalue weighted by Crippen LogP contribution is 2.29. The topological polar surface area (TPSA) is 65.5 Å². The van der Waals surface area contributed by atoms with Gasteiger partial charge in [0.05, 0.1) is 0 Å². The first-order valence-corrected chi connectivity index (χ1v) is 8.73. The Morgan fingerprint density at radius 2 is 1.96 bits per heavy atom. The summed E-state index contributed by atoms with van der Waals surface area (Å²) in [6, 6.07) is 4.56. The van der Waals surface area contributed by atoms with Crippen LogP contribution in [0.15, 0.2) is 23.2 Å². The van der Waals surface area contributed by atoms with Crippen LogP contribution in [-0.2, 0) is 10.2 Å². The van der Waals surface area contributed by atoms with Crippen LogP contribution in [0.25, 0.3) is 0 Å². The van der Waals surface area contributed by atoms with Crippen molar-refractivity contribution in [3.05, 3.63) is 34.6 Å². The molecule has 0 aliphatic heterocycles. The van der Waals surface area contributed by atoms with Crippen molar-refractivity contribution in [2.45, 2.75) is 45.6 Å². The van der Waals surface area contributed by atoms with Crippen molar-refractivity contribution in [1.82, 2.24) is 16.0 Å². The van der Waals surface area contributed by atoms with Gasteiger partial charge in [0, 0.05) is 43.0 Å². The van der Waals surface area contributed by atoms with Crippen LogP contribution >= 0.6 is 35.6 Å². The summed E-state index contributed by atoms with van der Waals surface area (Å²) < 4.78 is 13.2. The van der Waals surface area contributed by atoms with Gasteiger partial charge < -0.3 is 16.0 Å². The summed E-state index contributed by atoms with van der Waals surface area (Å²) in [4.78, 5) is 15.8. The van der Waals surface area contributed by atoms with Crippen molar-refractivity contribution in [3.8, 4) is 0 Å². The number of hydrogen-bond acceptors (Lipinski definition) is 2. The van der Waals surface area contributed by atoms with Crippen molar-refractivity contribution in [2.24, 2.45) is 4.99 Å². The molecule has 0 bridgehead atoms. The van der Waals surface area contributed by atoms with Crippen LogP contribution in [0.4, 0.5) is 4.39 Å². The highest BCUT2D eigenvalue weighted by molar-refractivity contribution is 14.0. The highest BCUT2D eigenvalue weighted by Gasteiger charge is 2.24. The van der Waals surface area contributed by atoms with Gasteiger partial charge >= 0.3 is 0 Å². The number of aliphatic imine (C=N–C) groups is 1. The normalized spacial score (nSPS) is 11.8. The van der Waals surface area contributed by atoms with Crippen molar-refractivity contribution in [1.29, 1.82) is 0 Å². The predicted octanol–water partition coefficient (Wildman–Crippen LogP) is 3.45. The maximum Gasteiger partial charge on any atom is 0.221 e. The summed E-state index contributed by atoms with van der Waals surface area (Å²) in [6.07, 6.45) is 0.367. The number of hydrogen-bond donors (Lipinski definition) is 3. The molecule has 0 saturated heterocycles. The largest absolute Gasteiger partial charge is 0.356 e. The molecule has 0 saturated carbocycles. The van der Waals surface area contributed by atoms with Gasteiger partial charge in [-0.1, -0.05) is 31.5 Å². The molecule has 0 fully saturated rings. The standard InChI is InChI=1S/C18H28ClFN4O.HI/c1-12(2)24-16(25)8-9-22-17(21-5)23-11-18(3,4)14-7-6-13(20)10-15(14)19;/h6-7,10,12H,8-9,11H2,1-5H3,(H,24,25)(H2,21,22,23);1H. The first-order valence-electron chi connectivity index (χ1n) is 8.35. The molecule has 1 aromatic carbocycles. The van der Waals surface area contributed by atoms with Crippen molar-refractivity contribution >= 4 is 47.4 Å². The quantitative estimate of drug-likeness (QED) is 0.306. The third kappa shape index (κ3) is 8.53. The number of guanidine groups is 1. The zero-order valence-corrected chi connectivity index (χ0v) is 19.0. The molecule has 0 aliphatic carbocycles. The van der Waals surface area contributed by atoms with E-state index >= 15 is 0 Å². The monoisotopic (exact) mass is 498 g/mol. The lowest BCUT2D eigenvalue weighted by Gasteiger charge is -2.27. The first kappa shape index (κ1) is 24.9. The minimum absolute atomic E-state index is 0. The molecule has 0 spiro atoms. The molecule has 0 atom stereocenters. The van der Waals surface area contributed by atoms with Crippen LogP contribution in [0.1, 0.15) is 39.7 Å². The van der Waals surface area contributed by atoms with Gasteiger partial charge in [0.15, 0.2) is 5.96 Å². The molecule has 8 heteroatoms. The Morgan fingerprint density at radius 1 is 1.31 bits per heavy atom. The van der Waals surface area contributed by atoms with Gasteiger partial charge in [0.2, 0.25) is 5.91 Å². The van der Waals surface area contributed by atoms with Gasteiger partial charge in [-0.15, -0.1) is 24.0 Å². The molecular weight excluding hydrogens is 470 g/mol. The third-order valence-corrected chi connectivity index (χ3v) is 3.99. The zero-order chi connectivity index (χ0) is 19.0. The molecule has 26 heavy (non-hydrogen) atoms. The van der Waals surface area contributed by atoms with Gasteiger partial charge in [-0.25, -0.2) is 4.39 Å². The summed E-state index contributed by atoms with van der Waals surface area (Å²) in [6.45, 7) is 8.92. The lowest BCUT2D eigenvalue weighted by atomic mass is 9.84. The molecule has 1 aromatic rings. The first-order chi connectivity index (χ1) is 11.7. The number of nitrogens with one attached hydrogen (secondary N) is 3. The van der Waals surface area contributed by atoms with E-state index in [1.165, 1.54) is 12.1 Å². The average Bonchev–Trinajstić information content (AvgIpc) is 2.49. The number of carbonyl (C=O) groups is 1. The zero-order valence-electron chi connectivity index (χ0n) is 16.0. The van der Waals surface area contributed by atoms with E-state index in [4.69, 9.17) is 11.6 Å². The SMILES string of the molecule is CN=C(NCCC(=O)NC(C)C)NCC(C)(C)c1ccc(F)cc1Cl.I. The number of carbonyl (C=O) groups excluding carboxylic acids is 1. The van der Waals surface area contributed by atoms with Gasteiger partial charge in [-0.3, -0.25) is 9.79 Å². The lowest BCUT2D eigenvalue weighted by molar-refractivity contribution is -0.121. The lowest BCUT2D eigenvalue weighted by Crippen LogP contribution is -2.44. The fraction of sp³-hybridized carbons (Fsp3) is 0.556. The number of rotatable bonds is 7. The predicted molar refractivity (Wildman–Crippen MR) is 117 cm³/mol. The third-order valence-electron chi connectivity index (χ3n) is 3.68. The minimum Gasteiger partial charge on any atom is -0.356 e. The van der Waals surface area contributed by atoms with E-state index in [1.807, 2.05) is 27.7 Å². The molecule has 1 rings (SSSR count). The van der Waals surface area contributed by atoms with E-state index in [2.05, 4.69) is 20.9 Å². The van der Waals surface area contributed by atoms with E-state index in [0.29, 0.717) is 30.5 Å². The van der Waals surface area contributed by atoms with Crippen LogP contribution in [0, 0.1) is 5.82 Å². The second-order valence-electron chi connectivity index (χ2n) is 6.83. The molecule has 3 N–H and O–H groups in total. The highest BCUT2D eigenvalue weighted by atomic mass is 127. The molecule has 1 amide bonds. The molecule has 5 nitrogen and oxygen atoms in total. The number of halogens is 3. The second kappa shape index (κ2) is 11.6. The van der Waals surface area contributed by atoms with Crippen LogP contribution in [0.5, 0.6) is 0 Å². The molecule has 0 unspecified atom stereocenters. The average molecular weight is 499 g/mol. The van der Waals surface area contributed by atoms with E-state index in [-0.39, 0.29) is 47.2 Å². The van der Waals surface area contributed by atoms with E-state index in [1.54, 1.807) is 13.1 Å². The summed E-state index contributed by atoms with van der Waals surface area (Å²) >= 11 is 6.17. The summed E-state index contributed by atoms with van der Waals surface area (Å²) in [5, 5.41) is 9.57. The molecule has 148 valence electrons. The van der Waals surface area contributed by atoms with Crippen molar-refractivity contribution in [2.75, 3.05) is 20.1 Å². The van der Waals surface area contributed by atoms with Crippen LogP contribution in [0.2, 0.25) is 5.02 Å². The summed E-state index contributed by atoms with van der Waals surface area (Å²) in [5.74, 6) is 0.245. The van der Waals surface area contributed by atoms with Crippen molar-refractivity contribution in [3.63, 3.8) is 0 Å². The molecular formula is C18H29ClFIN4O. The number of benzene rings is 1. The Labute approximate surface area is 177 Å². The molecule has 0 aromatic heterocycles. The summed E-state index contributed by atoms with van der Waals surface area (Å²) in [7, 11) is 1.67. The second-order valence-corrected chi connectivity index (χ2v) is 7.24. The van der Waals surface area contributed by atoms with Gasteiger partial charge in [0.1, 0.15) is 5.82 Å². The fourth-order valence-corrected chi connectivity index (χ4v) is 2.77. The maximum atomic E-state index is 13.2. The van der Waals surface area contributed by atoms with Crippen LogP contribution < -0.4 is 16.0 Å². The van der Waals surface area contributed by atoms with Gasteiger partial charge in [-0.05, 0) is 31.5 Å². The van der Waals surface area contributed by atoms with Crippen LogP contribution in [-0.4, -0.2) is 38.0 Å². The number of nitrogens with zero attached hydrogens (tertiary/aromatic N) is 1. The Morgan fingerprint density at radius 3 is 2.50 bits per heavy atom. The van der Waals surface area contributed by atoms with E-state index in [0.717, 1.165) is 5.56 Å². The van der Waals surface area contributed by atoms with Crippen molar-refractivity contribution < 1.29 is 9.18 Å². The Bertz CT molecular complexity index is 623. The maximum absolute atomic E-state index is 13.2.